The van der Waals surface area contributed by atoms with Crippen molar-refractivity contribution in [3.63, 3.8) is 0 Å². The average Bonchev–Trinajstić information content (AvgIpc) is 2.13. The van der Waals surface area contributed by atoms with E-state index in [9.17, 15) is 4.79 Å². The van der Waals surface area contributed by atoms with Crippen molar-refractivity contribution >= 4 is 5.97 Å². The molecule has 12 heavy (non-hydrogen) atoms. The third kappa shape index (κ3) is 1.75. The van der Waals surface area contributed by atoms with Gasteiger partial charge in [-0.15, -0.1) is 0 Å². The summed E-state index contributed by atoms with van der Waals surface area (Å²) in [4.78, 5) is 10.6. The molecule has 1 atom stereocenters. The van der Waals surface area contributed by atoms with E-state index in [4.69, 9.17) is 10.8 Å². The molecular formula is C9H11NO2. The molecule has 3 heteroatoms. The van der Waals surface area contributed by atoms with Crippen molar-refractivity contribution in [3.05, 3.63) is 35.6 Å². The Morgan fingerprint density at radius 3 is 2.92 bits per heavy atom. The van der Waals surface area contributed by atoms with Crippen LogP contribution in [0.1, 0.15) is 6.92 Å². The van der Waals surface area contributed by atoms with E-state index < -0.39 is 5.97 Å². The smallest absolute Gasteiger partial charge is 0.337 e. The van der Waals surface area contributed by atoms with Crippen LogP contribution >= 0.6 is 0 Å². The van der Waals surface area contributed by atoms with Gasteiger partial charge in [0.2, 0.25) is 0 Å². The normalized spacial score (nSPS) is 22.6. The third-order valence-corrected chi connectivity index (χ3v) is 1.66. The quantitative estimate of drug-likeness (QED) is 0.610. The molecule has 0 aromatic carbocycles. The lowest BCUT2D eigenvalue weighted by Gasteiger charge is -2.01. The lowest BCUT2D eigenvalue weighted by molar-refractivity contribution is -0.132. The van der Waals surface area contributed by atoms with Gasteiger partial charge in [0.1, 0.15) is 0 Å². The predicted octanol–water partition coefficient (Wildman–Crippen LogP) is 1.05. The zero-order valence-electron chi connectivity index (χ0n) is 6.82. The number of rotatable bonds is 1. The van der Waals surface area contributed by atoms with Crippen LogP contribution in [0.2, 0.25) is 0 Å². The maximum absolute atomic E-state index is 10.6. The van der Waals surface area contributed by atoms with E-state index in [1.807, 2.05) is 13.0 Å². The van der Waals surface area contributed by atoms with Crippen molar-refractivity contribution in [2.45, 2.75) is 6.92 Å². The first-order chi connectivity index (χ1) is 5.61. The van der Waals surface area contributed by atoms with Crippen LogP contribution < -0.4 is 5.73 Å². The highest BCUT2D eigenvalue weighted by molar-refractivity contribution is 5.91. The van der Waals surface area contributed by atoms with E-state index in [0.717, 1.165) is 0 Å². The highest BCUT2D eigenvalue weighted by atomic mass is 16.4. The van der Waals surface area contributed by atoms with Gasteiger partial charge in [-0.1, -0.05) is 25.2 Å². The summed E-state index contributed by atoms with van der Waals surface area (Å²) in [7, 11) is 0. The van der Waals surface area contributed by atoms with Crippen molar-refractivity contribution in [2.75, 3.05) is 0 Å². The molecule has 3 nitrogen and oxygen atoms in total. The Hall–Kier alpha value is -1.51. The lowest BCUT2D eigenvalue weighted by Crippen LogP contribution is -2.10. The third-order valence-electron chi connectivity index (χ3n) is 1.66. The topological polar surface area (TPSA) is 63.3 Å². The Kier molecular flexibility index (Phi) is 2.33. The first-order valence-corrected chi connectivity index (χ1v) is 3.70. The predicted molar refractivity (Wildman–Crippen MR) is 46.3 cm³/mol. The summed E-state index contributed by atoms with van der Waals surface area (Å²) in [6.07, 6.45) is 6.90. The van der Waals surface area contributed by atoms with E-state index >= 15 is 0 Å². The number of allylic oxidation sites excluding steroid dienone is 4. The summed E-state index contributed by atoms with van der Waals surface area (Å²) in [6, 6.07) is 0. The standard InChI is InChI=1S/C9H11NO2/c1-6-3-2-4-8(10)7(5-6)9(11)12/h2-6H,10H2,1H3,(H,11,12). The number of carboxylic acid groups (broad SMARTS) is 1. The molecule has 0 aliphatic heterocycles. The van der Waals surface area contributed by atoms with Gasteiger partial charge in [-0.05, 0) is 12.0 Å². The fraction of sp³-hybridized carbons (Fsp3) is 0.222. The summed E-state index contributed by atoms with van der Waals surface area (Å²) < 4.78 is 0. The fourth-order valence-corrected chi connectivity index (χ4v) is 1.03. The second-order valence-corrected chi connectivity index (χ2v) is 2.75. The largest absolute Gasteiger partial charge is 0.478 e. The number of aliphatic carboxylic acids is 1. The van der Waals surface area contributed by atoms with Crippen LogP contribution in [0.15, 0.2) is 35.6 Å². The SMILES string of the molecule is CC1C=CC=C(N)C(C(=O)O)=C1. The maximum Gasteiger partial charge on any atom is 0.337 e. The molecule has 1 unspecified atom stereocenters. The molecule has 0 amide bonds. The minimum Gasteiger partial charge on any atom is -0.478 e. The van der Waals surface area contributed by atoms with Crippen molar-refractivity contribution in [2.24, 2.45) is 11.7 Å². The van der Waals surface area contributed by atoms with E-state index in [2.05, 4.69) is 0 Å². The molecule has 0 heterocycles. The molecular weight excluding hydrogens is 154 g/mol. The molecule has 1 aliphatic rings. The van der Waals surface area contributed by atoms with Crippen molar-refractivity contribution < 1.29 is 9.90 Å². The van der Waals surface area contributed by atoms with E-state index in [0.29, 0.717) is 5.70 Å². The fourth-order valence-electron chi connectivity index (χ4n) is 1.03. The Morgan fingerprint density at radius 2 is 2.33 bits per heavy atom. The molecule has 0 aromatic heterocycles. The highest BCUT2D eigenvalue weighted by Gasteiger charge is 2.12. The molecule has 0 radical (unpaired) electrons. The lowest BCUT2D eigenvalue weighted by atomic mass is 10.1. The molecule has 0 fully saturated rings. The molecule has 1 aliphatic carbocycles. The van der Waals surface area contributed by atoms with Crippen LogP contribution in [0, 0.1) is 5.92 Å². The van der Waals surface area contributed by atoms with E-state index in [1.54, 1.807) is 18.2 Å². The summed E-state index contributed by atoms with van der Waals surface area (Å²) in [6.45, 7) is 1.91. The van der Waals surface area contributed by atoms with Gasteiger partial charge < -0.3 is 10.8 Å². The van der Waals surface area contributed by atoms with E-state index in [1.165, 1.54) is 0 Å². The van der Waals surface area contributed by atoms with Crippen LogP contribution in [0.4, 0.5) is 0 Å². The zero-order chi connectivity index (χ0) is 9.14. The number of nitrogens with two attached hydrogens (primary N) is 1. The minimum atomic E-state index is -0.973. The average molecular weight is 165 g/mol. The maximum atomic E-state index is 10.6. The molecule has 1 rings (SSSR count). The number of hydrogen-bond acceptors (Lipinski definition) is 2. The second kappa shape index (κ2) is 3.26. The van der Waals surface area contributed by atoms with Crippen LogP contribution in [0.25, 0.3) is 0 Å². The molecule has 0 aromatic rings. The molecule has 0 spiro atoms. The van der Waals surface area contributed by atoms with Gasteiger partial charge in [0, 0.05) is 5.70 Å². The van der Waals surface area contributed by atoms with Crippen LogP contribution in [-0.2, 0) is 4.79 Å². The summed E-state index contributed by atoms with van der Waals surface area (Å²) in [5.74, 6) is -0.854. The van der Waals surface area contributed by atoms with E-state index in [-0.39, 0.29) is 11.5 Å². The summed E-state index contributed by atoms with van der Waals surface area (Å²) in [5.41, 5.74) is 6.00. The Labute approximate surface area is 70.9 Å². The van der Waals surface area contributed by atoms with Gasteiger partial charge in [-0.3, -0.25) is 0 Å². The van der Waals surface area contributed by atoms with Gasteiger partial charge >= 0.3 is 5.97 Å². The molecule has 3 N–H and O–H groups in total. The van der Waals surface area contributed by atoms with Crippen molar-refractivity contribution in [1.82, 2.24) is 0 Å². The Morgan fingerprint density at radius 1 is 1.67 bits per heavy atom. The van der Waals surface area contributed by atoms with Gasteiger partial charge in [0.05, 0.1) is 5.57 Å². The van der Waals surface area contributed by atoms with Gasteiger partial charge in [-0.2, -0.15) is 0 Å². The Balaban J connectivity index is 3.04. The van der Waals surface area contributed by atoms with Gasteiger partial charge in [-0.25, -0.2) is 4.79 Å². The zero-order valence-corrected chi connectivity index (χ0v) is 6.82. The van der Waals surface area contributed by atoms with Crippen LogP contribution in [0.5, 0.6) is 0 Å². The molecule has 0 bridgehead atoms. The highest BCUT2D eigenvalue weighted by Crippen LogP contribution is 2.14. The first kappa shape index (κ1) is 8.59. The summed E-state index contributed by atoms with van der Waals surface area (Å²) in [5, 5.41) is 8.73. The Bertz CT molecular complexity index is 287. The monoisotopic (exact) mass is 165 g/mol. The summed E-state index contributed by atoms with van der Waals surface area (Å²) >= 11 is 0. The molecule has 0 saturated carbocycles. The first-order valence-electron chi connectivity index (χ1n) is 3.70. The number of hydrogen-bond donors (Lipinski definition) is 2. The molecule has 0 saturated heterocycles. The second-order valence-electron chi connectivity index (χ2n) is 2.75. The minimum absolute atomic E-state index is 0.119. The van der Waals surface area contributed by atoms with Crippen LogP contribution in [0.3, 0.4) is 0 Å². The number of carbonyl (C=O) groups is 1. The van der Waals surface area contributed by atoms with Crippen LogP contribution in [-0.4, -0.2) is 11.1 Å². The van der Waals surface area contributed by atoms with Gasteiger partial charge in [0.15, 0.2) is 0 Å². The molecule has 64 valence electrons. The van der Waals surface area contributed by atoms with Crippen molar-refractivity contribution in [1.29, 1.82) is 0 Å². The number of carboxylic acids is 1. The van der Waals surface area contributed by atoms with Gasteiger partial charge in [0.25, 0.3) is 0 Å². The van der Waals surface area contributed by atoms with Crippen molar-refractivity contribution in [3.8, 4) is 0 Å².